The summed E-state index contributed by atoms with van der Waals surface area (Å²) in [7, 11) is 0. The van der Waals surface area contributed by atoms with Gasteiger partial charge in [-0.3, -0.25) is 10.1 Å². The number of hydrogen-bond acceptors (Lipinski definition) is 4. The van der Waals surface area contributed by atoms with Gasteiger partial charge in [0.2, 0.25) is 0 Å². The number of nitrogens with zero attached hydrogens (tertiary/aromatic N) is 2. The summed E-state index contributed by atoms with van der Waals surface area (Å²) in [5.41, 5.74) is 0.999. The lowest BCUT2D eigenvalue weighted by molar-refractivity contribution is -0.384. The number of non-ortho nitro benzene ring substituents is 1. The Balaban J connectivity index is 2.87. The zero-order valence-electron chi connectivity index (χ0n) is 11.3. The van der Waals surface area contributed by atoms with E-state index in [1.807, 2.05) is 19.9 Å². The molecule has 1 rings (SSSR count). The zero-order chi connectivity index (χ0) is 14.3. The molecule has 0 saturated heterocycles. The molecule has 0 fully saturated rings. The van der Waals surface area contributed by atoms with E-state index in [0.29, 0.717) is 6.42 Å². The summed E-state index contributed by atoms with van der Waals surface area (Å²) in [5.74, 6) is 0. The van der Waals surface area contributed by atoms with E-state index in [2.05, 4.69) is 11.4 Å². The van der Waals surface area contributed by atoms with Gasteiger partial charge in [0.05, 0.1) is 17.4 Å². The van der Waals surface area contributed by atoms with Gasteiger partial charge in [-0.25, -0.2) is 0 Å². The lowest BCUT2D eigenvalue weighted by Crippen LogP contribution is -2.31. The van der Waals surface area contributed by atoms with Crippen LogP contribution >= 0.6 is 0 Å². The Bertz CT molecular complexity index is 468. The highest BCUT2D eigenvalue weighted by Crippen LogP contribution is 2.22. The van der Waals surface area contributed by atoms with Gasteiger partial charge in [0.1, 0.15) is 0 Å². The molecule has 0 spiro atoms. The predicted molar refractivity (Wildman–Crippen MR) is 73.6 cm³/mol. The van der Waals surface area contributed by atoms with E-state index < -0.39 is 0 Å². The SMILES string of the molecule is CCC(CC#N)NC(CC)c1cccc([N+](=O)[O-])c1. The van der Waals surface area contributed by atoms with Gasteiger partial charge in [-0.15, -0.1) is 0 Å². The number of rotatable bonds is 7. The largest absolute Gasteiger partial charge is 0.306 e. The standard InChI is InChI=1S/C14H19N3O2/c1-3-12(8-9-15)16-14(4-2)11-6-5-7-13(10-11)17(18)19/h5-7,10,12,14,16H,3-4,8H2,1-2H3. The first-order valence-corrected chi connectivity index (χ1v) is 6.49. The summed E-state index contributed by atoms with van der Waals surface area (Å²) in [5, 5.41) is 22.9. The molecule has 0 aliphatic carbocycles. The van der Waals surface area contributed by atoms with Crippen molar-refractivity contribution in [3.8, 4) is 6.07 Å². The Hall–Kier alpha value is -1.93. The van der Waals surface area contributed by atoms with Gasteiger partial charge in [-0.1, -0.05) is 26.0 Å². The van der Waals surface area contributed by atoms with Crippen LogP contribution in [0.15, 0.2) is 24.3 Å². The van der Waals surface area contributed by atoms with E-state index in [1.54, 1.807) is 12.1 Å². The highest BCUT2D eigenvalue weighted by molar-refractivity contribution is 5.35. The van der Waals surface area contributed by atoms with E-state index in [4.69, 9.17) is 5.26 Å². The molecule has 0 aliphatic heterocycles. The quantitative estimate of drug-likeness (QED) is 0.603. The van der Waals surface area contributed by atoms with Gasteiger partial charge in [0, 0.05) is 24.2 Å². The molecular formula is C14H19N3O2. The van der Waals surface area contributed by atoms with Crippen LogP contribution in [0.2, 0.25) is 0 Å². The summed E-state index contributed by atoms with van der Waals surface area (Å²) >= 11 is 0. The fourth-order valence-corrected chi connectivity index (χ4v) is 2.02. The fraction of sp³-hybridized carbons (Fsp3) is 0.500. The van der Waals surface area contributed by atoms with Crippen LogP contribution in [0.1, 0.15) is 44.7 Å². The first kappa shape index (κ1) is 15.1. The van der Waals surface area contributed by atoms with Gasteiger partial charge in [-0.05, 0) is 18.4 Å². The first-order valence-electron chi connectivity index (χ1n) is 6.49. The van der Waals surface area contributed by atoms with Crippen LogP contribution in [0.5, 0.6) is 0 Å². The summed E-state index contributed by atoms with van der Waals surface area (Å²) < 4.78 is 0. The number of benzene rings is 1. The molecule has 19 heavy (non-hydrogen) atoms. The number of nitro groups is 1. The van der Waals surface area contributed by atoms with Crippen molar-refractivity contribution >= 4 is 5.69 Å². The second-order valence-corrected chi connectivity index (χ2v) is 4.45. The maximum Gasteiger partial charge on any atom is 0.269 e. The van der Waals surface area contributed by atoms with Crippen LogP contribution in [0.25, 0.3) is 0 Å². The molecular weight excluding hydrogens is 242 g/mol. The lowest BCUT2D eigenvalue weighted by atomic mass is 10.0. The average Bonchev–Trinajstić information content (AvgIpc) is 2.43. The molecule has 5 heteroatoms. The van der Waals surface area contributed by atoms with Crippen LogP contribution < -0.4 is 5.32 Å². The Morgan fingerprint density at radius 2 is 2.16 bits per heavy atom. The van der Waals surface area contributed by atoms with Gasteiger partial charge in [0.25, 0.3) is 5.69 Å². The minimum Gasteiger partial charge on any atom is -0.306 e. The molecule has 2 atom stereocenters. The molecule has 0 bridgehead atoms. The van der Waals surface area contributed by atoms with Gasteiger partial charge < -0.3 is 5.32 Å². The Kier molecular flexibility index (Phi) is 5.97. The smallest absolute Gasteiger partial charge is 0.269 e. The Morgan fingerprint density at radius 3 is 2.68 bits per heavy atom. The summed E-state index contributed by atoms with van der Waals surface area (Å²) in [6.07, 6.45) is 2.13. The van der Waals surface area contributed by atoms with Crippen LogP contribution in [0.4, 0.5) is 5.69 Å². The Labute approximate surface area is 113 Å². The number of nitrogens with one attached hydrogen (secondary N) is 1. The second-order valence-electron chi connectivity index (χ2n) is 4.45. The molecule has 1 N–H and O–H groups in total. The maximum absolute atomic E-state index is 10.8. The van der Waals surface area contributed by atoms with Gasteiger partial charge >= 0.3 is 0 Å². The van der Waals surface area contributed by atoms with E-state index >= 15 is 0 Å². The van der Waals surface area contributed by atoms with Gasteiger partial charge in [0.15, 0.2) is 0 Å². The maximum atomic E-state index is 10.8. The van der Waals surface area contributed by atoms with E-state index in [0.717, 1.165) is 18.4 Å². The predicted octanol–water partition coefficient (Wildman–Crippen LogP) is 3.33. The molecule has 5 nitrogen and oxygen atoms in total. The fourth-order valence-electron chi connectivity index (χ4n) is 2.02. The lowest BCUT2D eigenvalue weighted by Gasteiger charge is -2.22. The van der Waals surface area contributed by atoms with E-state index in [-0.39, 0.29) is 22.7 Å². The average molecular weight is 261 g/mol. The molecule has 0 heterocycles. The van der Waals surface area contributed by atoms with Crippen molar-refractivity contribution in [2.75, 3.05) is 0 Å². The summed E-state index contributed by atoms with van der Waals surface area (Å²) in [6, 6.07) is 8.98. The normalized spacial score (nSPS) is 13.5. The highest BCUT2D eigenvalue weighted by Gasteiger charge is 2.16. The molecule has 102 valence electrons. The first-order chi connectivity index (χ1) is 9.12. The summed E-state index contributed by atoms with van der Waals surface area (Å²) in [6.45, 7) is 4.05. The minimum absolute atomic E-state index is 0.0400. The van der Waals surface area contributed by atoms with Crippen LogP contribution in [0.3, 0.4) is 0 Å². The summed E-state index contributed by atoms with van der Waals surface area (Å²) in [4.78, 5) is 10.4. The van der Waals surface area contributed by atoms with Gasteiger partial charge in [-0.2, -0.15) is 5.26 Å². The Morgan fingerprint density at radius 1 is 1.42 bits per heavy atom. The van der Waals surface area contributed by atoms with Crippen molar-refractivity contribution in [1.82, 2.24) is 5.32 Å². The highest BCUT2D eigenvalue weighted by atomic mass is 16.6. The molecule has 2 unspecified atom stereocenters. The van der Waals surface area contributed by atoms with Crippen LogP contribution in [0, 0.1) is 21.4 Å². The monoisotopic (exact) mass is 261 g/mol. The van der Waals surface area contributed by atoms with Crippen molar-refractivity contribution in [2.45, 2.75) is 45.2 Å². The number of hydrogen-bond donors (Lipinski definition) is 1. The van der Waals surface area contributed by atoms with Crippen molar-refractivity contribution in [1.29, 1.82) is 5.26 Å². The molecule has 0 aromatic heterocycles. The van der Waals surface area contributed by atoms with Crippen molar-refractivity contribution in [3.63, 3.8) is 0 Å². The molecule has 1 aromatic carbocycles. The van der Waals surface area contributed by atoms with Crippen molar-refractivity contribution in [3.05, 3.63) is 39.9 Å². The van der Waals surface area contributed by atoms with Crippen LogP contribution in [-0.2, 0) is 0 Å². The molecule has 0 aliphatic rings. The van der Waals surface area contributed by atoms with Crippen molar-refractivity contribution < 1.29 is 4.92 Å². The minimum atomic E-state index is -0.386. The second kappa shape index (κ2) is 7.49. The third-order valence-electron chi connectivity index (χ3n) is 3.16. The topological polar surface area (TPSA) is 79.0 Å². The molecule has 1 aromatic rings. The number of nitriles is 1. The zero-order valence-corrected chi connectivity index (χ0v) is 11.3. The van der Waals surface area contributed by atoms with Crippen LogP contribution in [-0.4, -0.2) is 11.0 Å². The molecule has 0 radical (unpaired) electrons. The van der Waals surface area contributed by atoms with E-state index in [9.17, 15) is 10.1 Å². The molecule has 0 saturated carbocycles. The molecule has 0 amide bonds. The van der Waals surface area contributed by atoms with E-state index in [1.165, 1.54) is 6.07 Å². The van der Waals surface area contributed by atoms with Crippen molar-refractivity contribution in [2.24, 2.45) is 0 Å². The number of nitro benzene ring substituents is 1. The third-order valence-corrected chi connectivity index (χ3v) is 3.16. The third kappa shape index (κ3) is 4.34.